The standard InChI is InChI=1S/C13H12N4O2S2/c1-2-10-14-8(7-21-10)6-17-12(9-4-3-5-20-9)11(13(18)19)15-16-17/h3-5,7H,2,6H2,1H3,(H,18,19). The highest BCUT2D eigenvalue weighted by atomic mass is 32.1. The Balaban J connectivity index is 2.00. The molecule has 21 heavy (non-hydrogen) atoms. The summed E-state index contributed by atoms with van der Waals surface area (Å²) in [5, 5.41) is 22.0. The molecule has 0 aliphatic rings. The van der Waals surface area contributed by atoms with Crippen molar-refractivity contribution in [3.63, 3.8) is 0 Å². The van der Waals surface area contributed by atoms with Crippen LogP contribution in [0.1, 0.15) is 28.1 Å². The number of rotatable bonds is 5. The Morgan fingerprint density at radius 3 is 2.90 bits per heavy atom. The molecule has 0 fully saturated rings. The summed E-state index contributed by atoms with van der Waals surface area (Å²) in [6.07, 6.45) is 0.889. The fourth-order valence-electron chi connectivity index (χ4n) is 1.96. The molecule has 0 unspecified atom stereocenters. The molecule has 8 heteroatoms. The first-order valence-electron chi connectivity index (χ1n) is 6.33. The van der Waals surface area contributed by atoms with Crippen molar-refractivity contribution in [3.05, 3.63) is 39.3 Å². The average molecular weight is 320 g/mol. The average Bonchev–Trinajstić information content (AvgIpc) is 3.18. The Bertz CT molecular complexity index is 761. The molecule has 1 N–H and O–H groups in total. The van der Waals surface area contributed by atoms with Gasteiger partial charge in [-0.2, -0.15) is 0 Å². The van der Waals surface area contributed by atoms with Gasteiger partial charge in [-0.05, 0) is 17.9 Å². The molecule has 3 rings (SSSR count). The van der Waals surface area contributed by atoms with Crippen LogP contribution in [0.3, 0.4) is 0 Å². The lowest BCUT2D eigenvalue weighted by Gasteiger charge is -2.03. The van der Waals surface area contributed by atoms with Gasteiger partial charge in [0.1, 0.15) is 5.69 Å². The molecule has 6 nitrogen and oxygen atoms in total. The van der Waals surface area contributed by atoms with Crippen LogP contribution >= 0.6 is 22.7 Å². The third kappa shape index (κ3) is 2.72. The Morgan fingerprint density at radius 2 is 2.29 bits per heavy atom. The van der Waals surface area contributed by atoms with Crippen LogP contribution in [0.25, 0.3) is 10.6 Å². The first kappa shape index (κ1) is 13.9. The number of nitrogens with zero attached hydrogens (tertiary/aromatic N) is 4. The molecule has 0 saturated heterocycles. The van der Waals surface area contributed by atoms with Crippen molar-refractivity contribution in [3.8, 4) is 10.6 Å². The van der Waals surface area contributed by atoms with Crippen molar-refractivity contribution >= 4 is 28.6 Å². The maximum atomic E-state index is 11.3. The van der Waals surface area contributed by atoms with Crippen molar-refractivity contribution in [2.45, 2.75) is 19.9 Å². The van der Waals surface area contributed by atoms with Crippen molar-refractivity contribution < 1.29 is 9.90 Å². The SMILES string of the molecule is CCc1nc(Cn2nnc(C(=O)O)c2-c2cccs2)cs1. The topological polar surface area (TPSA) is 80.9 Å². The predicted octanol–water partition coefficient (Wildman–Crippen LogP) is 2.77. The van der Waals surface area contributed by atoms with Gasteiger partial charge in [0.15, 0.2) is 5.69 Å². The van der Waals surface area contributed by atoms with E-state index in [0.29, 0.717) is 12.2 Å². The second-order valence-electron chi connectivity index (χ2n) is 4.31. The van der Waals surface area contributed by atoms with Gasteiger partial charge in [-0.15, -0.1) is 27.8 Å². The second-order valence-corrected chi connectivity index (χ2v) is 6.20. The summed E-state index contributed by atoms with van der Waals surface area (Å²) in [6, 6.07) is 3.74. The van der Waals surface area contributed by atoms with E-state index in [-0.39, 0.29) is 5.69 Å². The van der Waals surface area contributed by atoms with Gasteiger partial charge < -0.3 is 5.11 Å². The molecule has 0 aliphatic heterocycles. The van der Waals surface area contributed by atoms with E-state index in [2.05, 4.69) is 22.2 Å². The van der Waals surface area contributed by atoms with Crippen LogP contribution in [0.5, 0.6) is 0 Å². The van der Waals surface area contributed by atoms with Crippen LogP contribution in [0, 0.1) is 0 Å². The maximum absolute atomic E-state index is 11.3. The van der Waals surface area contributed by atoms with Crippen molar-refractivity contribution in [1.29, 1.82) is 0 Å². The van der Waals surface area contributed by atoms with Crippen molar-refractivity contribution in [2.75, 3.05) is 0 Å². The first-order valence-corrected chi connectivity index (χ1v) is 8.09. The van der Waals surface area contributed by atoms with Gasteiger partial charge >= 0.3 is 5.97 Å². The zero-order valence-electron chi connectivity index (χ0n) is 11.2. The number of thiazole rings is 1. The molecule has 0 bridgehead atoms. The van der Waals surface area contributed by atoms with Gasteiger partial charge in [0.05, 0.1) is 22.1 Å². The molecule has 0 amide bonds. The number of carbonyl (C=O) groups is 1. The predicted molar refractivity (Wildman–Crippen MR) is 80.9 cm³/mol. The van der Waals surface area contributed by atoms with E-state index in [4.69, 9.17) is 0 Å². The van der Waals surface area contributed by atoms with Gasteiger partial charge in [-0.3, -0.25) is 0 Å². The maximum Gasteiger partial charge on any atom is 0.358 e. The van der Waals surface area contributed by atoms with Gasteiger partial charge in [-0.1, -0.05) is 18.2 Å². The molecule has 0 aliphatic carbocycles. The van der Waals surface area contributed by atoms with E-state index < -0.39 is 5.97 Å². The van der Waals surface area contributed by atoms with Crippen LogP contribution < -0.4 is 0 Å². The molecule has 3 heterocycles. The number of aromatic nitrogens is 4. The number of aromatic carboxylic acids is 1. The molecule has 0 radical (unpaired) electrons. The van der Waals surface area contributed by atoms with E-state index in [9.17, 15) is 9.90 Å². The lowest BCUT2D eigenvalue weighted by molar-refractivity contribution is 0.0691. The second kappa shape index (κ2) is 5.74. The van der Waals surface area contributed by atoms with E-state index >= 15 is 0 Å². The lowest BCUT2D eigenvalue weighted by atomic mass is 10.2. The minimum atomic E-state index is -1.07. The van der Waals surface area contributed by atoms with E-state index in [1.807, 2.05) is 22.9 Å². The molecule has 0 saturated carbocycles. The molecular formula is C13H12N4O2S2. The van der Waals surface area contributed by atoms with Crippen LogP contribution in [0.15, 0.2) is 22.9 Å². The Morgan fingerprint density at radius 1 is 1.43 bits per heavy atom. The number of thiophene rings is 1. The highest BCUT2D eigenvalue weighted by Crippen LogP contribution is 2.27. The molecule has 0 atom stereocenters. The van der Waals surface area contributed by atoms with E-state index in [1.54, 1.807) is 16.0 Å². The minimum Gasteiger partial charge on any atom is -0.476 e. The fraction of sp³-hybridized carbons (Fsp3) is 0.231. The van der Waals surface area contributed by atoms with Crippen molar-refractivity contribution in [1.82, 2.24) is 20.0 Å². The van der Waals surface area contributed by atoms with Crippen molar-refractivity contribution in [2.24, 2.45) is 0 Å². The Labute approximate surface area is 128 Å². The zero-order valence-corrected chi connectivity index (χ0v) is 12.8. The largest absolute Gasteiger partial charge is 0.476 e. The summed E-state index contributed by atoms with van der Waals surface area (Å²) in [4.78, 5) is 16.6. The Hall–Kier alpha value is -2.06. The summed E-state index contributed by atoms with van der Waals surface area (Å²) in [6.45, 7) is 2.47. The number of carboxylic acids is 1. The quantitative estimate of drug-likeness (QED) is 0.782. The summed E-state index contributed by atoms with van der Waals surface area (Å²) >= 11 is 3.06. The highest BCUT2D eigenvalue weighted by molar-refractivity contribution is 7.13. The molecular weight excluding hydrogens is 308 g/mol. The summed E-state index contributed by atoms with van der Waals surface area (Å²) in [5.74, 6) is -1.07. The third-order valence-corrected chi connectivity index (χ3v) is 4.82. The molecule has 108 valence electrons. The number of carboxylic acid groups (broad SMARTS) is 1. The number of aryl methyl sites for hydroxylation is 1. The highest BCUT2D eigenvalue weighted by Gasteiger charge is 2.21. The summed E-state index contributed by atoms with van der Waals surface area (Å²) < 4.78 is 1.60. The molecule has 3 aromatic rings. The molecule has 0 spiro atoms. The van der Waals surface area contributed by atoms with Gasteiger partial charge in [-0.25, -0.2) is 14.5 Å². The zero-order chi connectivity index (χ0) is 14.8. The van der Waals surface area contributed by atoms with E-state index in [0.717, 1.165) is 22.0 Å². The van der Waals surface area contributed by atoms with Gasteiger partial charge in [0, 0.05) is 5.38 Å². The minimum absolute atomic E-state index is 0.0246. The smallest absolute Gasteiger partial charge is 0.358 e. The first-order chi connectivity index (χ1) is 10.2. The summed E-state index contributed by atoms with van der Waals surface area (Å²) in [5.41, 5.74) is 1.38. The summed E-state index contributed by atoms with van der Waals surface area (Å²) in [7, 11) is 0. The molecule has 0 aromatic carbocycles. The number of hydrogen-bond donors (Lipinski definition) is 1. The van der Waals surface area contributed by atoms with Gasteiger partial charge in [0.25, 0.3) is 0 Å². The lowest BCUT2D eigenvalue weighted by Crippen LogP contribution is -2.06. The molecule has 3 aromatic heterocycles. The van der Waals surface area contributed by atoms with Crippen LogP contribution in [-0.2, 0) is 13.0 Å². The van der Waals surface area contributed by atoms with Crippen LogP contribution in [0.4, 0.5) is 0 Å². The van der Waals surface area contributed by atoms with Crippen LogP contribution in [0.2, 0.25) is 0 Å². The third-order valence-electron chi connectivity index (χ3n) is 2.91. The Kier molecular flexibility index (Phi) is 3.80. The monoisotopic (exact) mass is 320 g/mol. The van der Waals surface area contributed by atoms with Gasteiger partial charge in [0.2, 0.25) is 0 Å². The fourth-order valence-corrected chi connectivity index (χ4v) is 3.47. The normalized spacial score (nSPS) is 10.9. The van der Waals surface area contributed by atoms with Crippen LogP contribution in [-0.4, -0.2) is 31.1 Å². The van der Waals surface area contributed by atoms with E-state index in [1.165, 1.54) is 11.3 Å². The number of hydrogen-bond acceptors (Lipinski definition) is 6.